The molecule has 0 aliphatic rings. The van der Waals surface area contributed by atoms with Crippen LogP contribution in [0.15, 0.2) is 0 Å². The molecule has 3 heteroatoms. The third-order valence-electron chi connectivity index (χ3n) is 0. The van der Waals surface area contributed by atoms with Crippen molar-refractivity contribution >= 4 is 0 Å². The van der Waals surface area contributed by atoms with Crippen LogP contribution < -0.4 is 0 Å². The summed E-state index contributed by atoms with van der Waals surface area (Å²) in [6.07, 6.45) is 0. The second-order valence-electron chi connectivity index (χ2n) is 4.34. The van der Waals surface area contributed by atoms with Gasteiger partial charge in [-0.05, 0) is 41.5 Å². The molecule has 15 heavy (non-hydrogen) atoms. The van der Waals surface area contributed by atoms with E-state index < -0.39 is 11.2 Å². The van der Waals surface area contributed by atoms with Gasteiger partial charge in [-0.2, -0.15) is 13.8 Å². The van der Waals surface area contributed by atoms with Crippen molar-refractivity contribution in [1.82, 2.24) is 0 Å². The first kappa shape index (κ1) is 29.6. The van der Waals surface area contributed by atoms with Gasteiger partial charge in [-0.15, -0.1) is 0 Å². The molecule has 0 fully saturated rings. The molecular formula is C12H30O2Ti. The van der Waals surface area contributed by atoms with Crippen LogP contribution in [0.5, 0.6) is 0 Å². The molecule has 0 aliphatic heterocycles. The first-order valence-corrected chi connectivity index (χ1v) is 4.86. The van der Waals surface area contributed by atoms with E-state index in [1.165, 1.54) is 0 Å². The Morgan fingerprint density at radius 3 is 0.600 bits per heavy atom. The van der Waals surface area contributed by atoms with Gasteiger partial charge in [0.2, 0.25) is 0 Å². The molecule has 2 nitrogen and oxygen atoms in total. The molecule has 0 rings (SSSR count). The van der Waals surface area contributed by atoms with Gasteiger partial charge in [0.1, 0.15) is 0 Å². The Hall–Kier alpha value is 0.634. The van der Waals surface area contributed by atoms with Crippen molar-refractivity contribution in [2.24, 2.45) is 0 Å². The van der Waals surface area contributed by atoms with Crippen molar-refractivity contribution in [2.75, 3.05) is 0 Å². The van der Waals surface area contributed by atoms with E-state index in [1.807, 2.05) is 0 Å². The van der Waals surface area contributed by atoms with Crippen molar-refractivity contribution in [3.05, 3.63) is 13.8 Å². The average molecular weight is 254 g/mol. The van der Waals surface area contributed by atoms with E-state index in [9.17, 15) is 0 Å². The van der Waals surface area contributed by atoms with Crippen molar-refractivity contribution < 1.29 is 31.9 Å². The maximum Gasteiger partial charge on any atom is 2.00 e. The molecule has 0 saturated heterocycles. The quantitative estimate of drug-likeness (QED) is 0.514. The summed E-state index contributed by atoms with van der Waals surface area (Å²) < 4.78 is 0. The van der Waals surface area contributed by atoms with E-state index in [1.54, 1.807) is 55.4 Å². The summed E-state index contributed by atoms with van der Waals surface area (Å²) in [4.78, 5) is 0. The van der Waals surface area contributed by atoms with Crippen LogP contribution in [-0.4, -0.2) is 21.4 Å². The van der Waals surface area contributed by atoms with Crippen LogP contribution in [0, 0.1) is 13.8 Å². The molecule has 0 spiro atoms. The Morgan fingerprint density at radius 1 is 0.600 bits per heavy atom. The maximum atomic E-state index is 8.52. The largest absolute Gasteiger partial charge is 2.00 e. The Balaban J connectivity index is -0.0000000318. The molecule has 0 radical (unpaired) electrons. The predicted octanol–water partition coefficient (Wildman–Crippen LogP) is 3.23. The third-order valence-corrected chi connectivity index (χ3v) is 0. The minimum absolute atomic E-state index is 0. The Morgan fingerprint density at radius 2 is 0.600 bits per heavy atom. The zero-order valence-corrected chi connectivity index (χ0v) is 13.4. The Bertz CT molecular complexity index is 56.6. The summed E-state index contributed by atoms with van der Waals surface area (Å²) in [5.41, 5.74) is -1.00. The number of aliphatic hydroxyl groups is 2. The predicted molar refractivity (Wildman–Crippen MR) is 66.0 cm³/mol. The first-order valence-electron chi connectivity index (χ1n) is 4.86. The smallest absolute Gasteiger partial charge is 0.391 e. The minimum Gasteiger partial charge on any atom is -0.391 e. The topological polar surface area (TPSA) is 40.5 Å². The standard InChI is InChI=1S/2C4H10O.2C2H5.Ti/c2*1-4(2,3)5;2*1-2;/h2*5H,1-3H3;2*1H2,2H3;/q;;2*-1;+2. The third kappa shape index (κ3) is 5810. The van der Waals surface area contributed by atoms with E-state index >= 15 is 0 Å². The van der Waals surface area contributed by atoms with Crippen LogP contribution >= 0.6 is 0 Å². The maximum absolute atomic E-state index is 8.52. The second kappa shape index (κ2) is 17.0. The summed E-state index contributed by atoms with van der Waals surface area (Å²) in [6.45, 7) is 20.5. The molecule has 2 N–H and O–H groups in total. The van der Waals surface area contributed by atoms with Crippen LogP contribution in [-0.2, 0) is 21.7 Å². The van der Waals surface area contributed by atoms with Gasteiger partial charge in [-0.1, -0.05) is 0 Å². The summed E-state index contributed by atoms with van der Waals surface area (Å²) in [5.74, 6) is 0. The van der Waals surface area contributed by atoms with Gasteiger partial charge in [0, 0.05) is 0 Å². The van der Waals surface area contributed by atoms with Crippen LogP contribution in [0.3, 0.4) is 0 Å². The zero-order chi connectivity index (χ0) is 13.0. The van der Waals surface area contributed by atoms with Gasteiger partial charge in [0.25, 0.3) is 0 Å². The first-order chi connectivity index (χ1) is 6.00. The second-order valence-corrected chi connectivity index (χ2v) is 4.34. The molecule has 0 heterocycles. The number of hydrogen-bond donors (Lipinski definition) is 2. The Kier molecular flexibility index (Phi) is 33.6. The fraction of sp³-hybridized carbons (Fsp3) is 0.833. The number of hydrogen-bond acceptors (Lipinski definition) is 2. The molecule has 0 saturated carbocycles. The summed E-state index contributed by atoms with van der Waals surface area (Å²) in [7, 11) is 0. The summed E-state index contributed by atoms with van der Waals surface area (Å²) >= 11 is 0. The molecule has 0 atom stereocenters. The summed E-state index contributed by atoms with van der Waals surface area (Å²) in [6, 6.07) is 0. The van der Waals surface area contributed by atoms with Gasteiger partial charge in [0.05, 0.1) is 11.2 Å². The number of rotatable bonds is 0. The van der Waals surface area contributed by atoms with Crippen molar-refractivity contribution in [3.63, 3.8) is 0 Å². The van der Waals surface area contributed by atoms with E-state index in [0.717, 1.165) is 0 Å². The molecule has 94 valence electrons. The summed E-state index contributed by atoms with van der Waals surface area (Å²) in [5, 5.41) is 17.0. The van der Waals surface area contributed by atoms with Crippen molar-refractivity contribution in [1.29, 1.82) is 0 Å². The SMILES string of the molecule is CC(C)(C)O.CC(C)(C)O.[CH2-]C.[CH2-]C.[Ti+2]. The van der Waals surface area contributed by atoms with Gasteiger partial charge >= 0.3 is 21.7 Å². The minimum atomic E-state index is -0.500. The van der Waals surface area contributed by atoms with Gasteiger partial charge in [-0.25, -0.2) is 0 Å². The van der Waals surface area contributed by atoms with Crippen molar-refractivity contribution in [3.8, 4) is 0 Å². The molecule has 0 aliphatic carbocycles. The van der Waals surface area contributed by atoms with Crippen LogP contribution in [0.25, 0.3) is 0 Å². The van der Waals surface area contributed by atoms with E-state index in [2.05, 4.69) is 13.8 Å². The Labute approximate surface area is 112 Å². The van der Waals surface area contributed by atoms with Crippen LogP contribution in [0.1, 0.15) is 55.4 Å². The van der Waals surface area contributed by atoms with Crippen molar-refractivity contribution in [2.45, 2.75) is 66.6 Å². The van der Waals surface area contributed by atoms with Crippen LogP contribution in [0.2, 0.25) is 0 Å². The normalized spacial score (nSPS) is 8.80. The van der Waals surface area contributed by atoms with E-state index in [0.29, 0.717) is 0 Å². The molecular weight excluding hydrogens is 224 g/mol. The van der Waals surface area contributed by atoms with E-state index in [4.69, 9.17) is 10.2 Å². The monoisotopic (exact) mass is 254 g/mol. The fourth-order valence-electron chi connectivity index (χ4n) is 0. The van der Waals surface area contributed by atoms with E-state index in [-0.39, 0.29) is 21.7 Å². The zero-order valence-electron chi connectivity index (χ0n) is 11.8. The van der Waals surface area contributed by atoms with Gasteiger partial charge < -0.3 is 24.1 Å². The molecule has 0 bridgehead atoms. The molecule has 0 unspecified atom stereocenters. The molecule has 0 aromatic carbocycles. The van der Waals surface area contributed by atoms with Crippen LogP contribution in [0.4, 0.5) is 0 Å². The molecule has 0 aromatic rings. The molecule has 0 amide bonds. The molecule has 0 aromatic heterocycles. The average Bonchev–Trinajstić information content (AvgIpc) is 1.88. The fourth-order valence-corrected chi connectivity index (χ4v) is 0. The van der Waals surface area contributed by atoms with Gasteiger partial charge in [-0.3, -0.25) is 0 Å². The van der Waals surface area contributed by atoms with Gasteiger partial charge in [0.15, 0.2) is 0 Å².